The van der Waals surface area contributed by atoms with Crippen LogP contribution in [0.15, 0.2) is 24.3 Å². The van der Waals surface area contributed by atoms with E-state index >= 15 is 0 Å². The summed E-state index contributed by atoms with van der Waals surface area (Å²) < 4.78 is 0. The van der Waals surface area contributed by atoms with Crippen molar-refractivity contribution in [3.8, 4) is 0 Å². The molecule has 2 N–H and O–H groups in total. The molecule has 1 aromatic carbocycles. The molecule has 0 radical (unpaired) electrons. The number of hydrogen-bond acceptors (Lipinski definition) is 2. The van der Waals surface area contributed by atoms with Crippen molar-refractivity contribution in [2.75, 3.05) is 13.1 Å². The van der Waals surface area contributed by atoms with Gasteiger partial charge in [0.05, 0.1) is 0 Å². The Morgan fingerprint density at radius 3 is 2.82 bits per heavy atom. The van der Waals surface area contributed by atoms with E-state index in [0.717, 1.165) is 6.54 Å². The topological polar surface area (TPSA) is 29.3 Å². The average Bonchev–Trinajstić information content (AvgIpc) is 2.38. The Bertz CT molecular complexity index is 362. The van der Waals surface area contributed by atoms with Gasteiger partial charge in [-0.05, 0) is 44.4 Å². The molecule has 0 bridgehead atoms. The zero-order valence-corrected chi connectivity index (χ0v) is 11.0. The normalized spacial score (nSPS) is 23.6. The maximum absolute atomic E-state index is 5.91. The van der Waals surface area contributed by atoms with Crippen molar-refractivity contribution in [2.24, 2.45) is 5.73 Å². The fraction of sp³-hybridized carbons (Fsp3) is 0.600. The molecule has 2 unspecified atom stereocenters. The van der Waals surface area contributed by atoms with Crippen LogP contribution in [0.2, 0.25) is 0 Å². The Morgan fingerprint density at radius 1 is 1.35 bits per heavy atom. The van der Waals surface area contributed by atoms with E-state index in [9.17, 15) is 0 Å². The van der Waals surface area contributed by atoms with E-state index in [0.29, 0.717) is 12.1 Å². The molecule has 1 heterocycles. The molecule has 2 atom stereocenters. The van der Waals surface area contributed by atoms with Crippen LogP contribution in [0, 0.1) is 6.92 Å². The van der Waals surface area contributed by atoms with Gasteiger partial charge in [-0.25, -0.2) is 0 Å². The lowest BCUT2D eigenvalue weighted by Gasteiger charge is -2.40. The molecular formula is C15H24N2. The van der Waals surface area contributed by atoms with E-state index in [1.165, 1.54) is 36.9 Å². The molecule has 0 amide bonds. The second-order valence-corrected chi connectivity index (χ2v) is 5.16. The Hall–Kier alpha value is -0.860. The molecular weight excluding hydrogens is 208 g/mol. The quantitative estimate of drug-likeness (QED) is 0.868. The maximum Gasteiger partial charge on any atom is 0.0325 e. The largest absolute Gasteiger partial charge is 0.329 e. The summed E-state index contributed by atoms with van der Waals surface area (Å²) in [5.74, 6) is 0. The fourth-order valence-corrected chi connectivity index (χ4v) is 3.02. The molecule has 0 aromatic heterocycles. The minimum atomic E-state index is 0.491. The van der Waals surface area contributed by atoms with Crippen LogP contribution >= 0.6 is 0 Å². The van der Waals surface area contributed by atoms with E-state index in [2.05, 4.69) is 43.0 Å². The minimum Gasteiger partial charge on any atom is -0.329 e. The average molecular weight is 232 g/mol. The van der Waals surface area contributed by atoms with Crippen LogP contribution in [0.4, 0.5) is 0 Å². The summed E-state index contributed by atoms with van der Waals surface area (Å²) in [4.78, 5) is 2.59. The summed E-state index contributed by atoms with van der Waals surface area (Å²) in [5.41, 5.74) is 8.75. The van der Waals surface area contributed by atoms with Gasteiger partial charge >= 0.3 is 0 Å². The number of nitrogens with zero attached hydrogens (tertiary/aromatic N) is 1. The highest BCUT2D eigenvalue weighted by molar-refractivity contribution is 5.28. The molecule has 17 heavy (non-hydrogen) atoms. The van der Waals surface area contributed by atoms with E-state index in [4.69, 9.17) is 5.73 Å². The van der Waals surface area contributed by atoms with Crippen LogP contribution in [0.3, 0.4) is 0 Å². The van der Waals surface area contributed by atoms with Crippen molar-refractivity contribution >= 4 is 0 Å². The third kappa shape index (κ3) is 2.70. The number of likely N-dealkylation sites (tertiary alicyclic amines) is 1. The predicted molar refractivity (Wildman–Crippen MR) is 73.0 cm³/mol. The van der Waals surface area contributed by atoms with Gasteiger partial charge in [-0.15, -0.1) is 0 Å². The molecule has 1 saturated heterocycles. The molecule has 2 nitrogen and oxygen atoms in total. The van der Waals surface area contributed by atoms with E-state index < -0.39 is 0 Å². The Labute approximate surface area is 105 Å². The van der Waals surface area contributed by atoms with Gasteiger partial charge in [-0.3, -0.25) is 4.90 Å². The first-order valence-electron chi connectivity index (χ1n) is 6.75. The smallest absolute Gasteiger partial charge is 0.0325 e. The molecule has 0 spiro atoms. The number of nitrogens with two attached hydrogens (primary N) is 1. The van der Waals surface area contributed by atoms with Gasteiger partial charge in [0.1, 0.15) is 0 Å². The summed E-state index contributed by atoms with van der Waals surface area (Å²) in [6, 6.07) is 9.76. The number of hydrogen-bond donors (Lipinski definition) is 1. The van der Waals surface area contributed by atoms with Gasteiger partial charge in [0, 0.05) is 18.6 Å². The van der Waals surface area contributed by atoms with Crippen LogP contribution in [-0.4, -0.2) is 24.0 Å². The summed E-state index contributed by atoms with van der Waals surface area (Å²) in [5, 5.41) is 0. The second kappa shape index (κ2) is 5.65. The Balaban J connectivity index is 2.18. The second-order valence-electron chi connectivity index (χ2n) is 5.16. The van der Waals surface area contributed by atoms with E-state index in [-0.39, 0.29) is 0 Å². The summed E-state index contributed by atoms with van der Waals surface area (Å²) in [7, 11) is 0. The van der Waals surface area contributed by atoms with Crippen molar-refractivity contribution in [3.63, 3.8) is 0 Å². The van der Waals surface area contributed by atoms with Gasteiger partial charge in [0.15, 0.2) is 0 Å². The molecule has 0 aliphatic carbocycles. The zero-order valence-electron chi connectivity index (χ0n) is 11.0. The summed E-state index contributed by atoms with van der Waals surface area (Å²) >= 11 is 0. The molecule has 0 saturated carbocycles. The van der Waals surface area contributed by atoms with Gasteiger partial charge < -0.3 is 5.73 Å². The van der Waals surface area contributed by atoms with Crippen LogP contribution in [0.1, 0.15) is 43.4 Å². The minimum absolute atomic E-state index is 0.491. The summed E-state index contributed by atoms with van der Waals surface area (Å²) in [6.07, 6.45) is 3.90. The lowest BCUT2D eigenvalue weighted by Crippen LogP contribution is -2.45. The number of rotatable bonds is 3. The van der Waals surface area contributed by atoms with E-state index in [1.807, 2.05) is 0 Å². The van der Waals surface area contributed by atoms with E-state index in [1.54, 1.807) is 0 Å². The number of benzene rings is 1. The molecule has 94 valence electrons. The standard InChI is InChI=1S/C15H24N2/c1-12-7-3-4-9-15(12)13(2)17-10-6-5-8-14(17)11-16/h3-4,7,9,13-14H,5-6,8,10-11,16H2,1-2H3. The highest BCUT2D eigenvalue weighted by Crippen LogP contribution is 2.29. The predicted octanol–water partition coefficient (Wildman–Crippen LogP) is 2.87. The van der Waals surface area contributed by atoms with Gasteiger partial charge in [0.25, 0.3) is 0 Å². The molecule has 2 heteroatoms. The lowest BCUT2D eigenvalue weighted by molar-refractivity contribution is 0.107. The molecule has 1 aliphatic rings. The highest BCUT2D eigenvalue weighted by Gasteiger charge is 2.26. The first-order valence-corrected chi connectivity index (χ1v) is 6.75. The third-order valence-corrected chi connectivity index (χ3v) is 4.08. The first-order chi connectivity index (χ1) is 8.24. The SMILES string of the molecule is Cc1ccccc1C(C)N1CCCCC1CN. The Kier molecular flexibility index (Phi) is 4.19. The fourth-order valence-electron chi connectivity index (χ4n) is 3.02. The van der Waals surface area contributed by atoms with Crippen molar-refractivity contribution in [1.82, 2.24) is 4.90 Å². The third-order valence-electron chi connectivity index (χ3n) is 4.08. The first kappa shape index (κ1) is 12.6. The number of aryl methyl sites for hydroxylation is 1. The monoisotopic (exact) mass is 232 g/mol. The highest BCUT2D eigenvalue weighted by atomic mass is 15.2. The number of piperidine rings is 1. The lowest BCUT2D eigenvalue weighted by atomic mass is 9.95. The maximum atomic E-state index is 5.91. The zero-order chi connectivity index (χ0) is 12.3. The molecule has 1 aliphatic heterocycles. The molecule has 2 rings (SSSR count). The van der Waals surface area contributed by atoms with Crippen LogP contribution in [-0.2, 0) is 0 Å². The molecule has 1 fully saturated rings. The van der Waals surface area contributed by atoms with Gasteiger partial charge in [0.2, 0.25) is 0 Å². The van der Waals surface area contributed by atoms with Gasteiger partial charge in [-0.2, -0.15) is 0 Å². The van der Waals surface area contributed by atoms with Crippen molar-refractivity contribution < 1.29 is 0 Å². The van der Waals surface area contributed by atoms with Crippen LogP contribution in [0.25, 0.3) is 0 Å². The van der Waals surface area contributed by atoms with Gasteiger partial charge in [-0.1, -0.05) is 30.7 Å². The van der Waals surface area contributed by atoms with Crippen molar-refractivity contribution in [1.29, 1.82) is 0 Å². The van der Waals surface area contributed by atoms with Crippen LogP contribution in [0.5, 0.6) is 0 Å². The van der Waals surface area contributed by atoms with Crippen molar-refractivity contribution in [3.05, 3.63) is 35.4 Å². The molecule has 1 aromatic rings. The Morgan fingerprint density at radius 2 is 2.12 bits per heavy atom. The van der Waals surface area contributed by atoms with Crippen LogP contribution < -0.4 is 5.73 Å². The van der Waals surface area contributed by atoms with Crippen molar-refractivity contribution in [2.45, 2.75) is 45.2 Å². The summed E-state index contributed by atoms with van der Waals surface area (Å²) in [6.45, 7) is 6.50.